The molecule has 0 aliphatic carbocycles. The summed E-state index contributed by atoms with van der Waals surface area (Å²) in [5, 5.41) is 3.82. The number of hydrogen-bond donors (Lipinski definition) is 1. The molecule has 0 saturated heterocycles. The first kappa shape index (κ1) is 29.2. The monoisotopic (exact) mass is 561 g/mol. The summed E-state index contributed by atoms with van der Waals surface area (Å²) in [5.74, 6) is -0.917. The van der Waals surface area contributed by atoms with Gasteiger partial charge in [-0.15, -0.1) is 0 Å². The van der Waals surface area contributed by atoms with Gasteiger partial charge in [0.15, 0.2) is 0 Å². The van der Waals surface area contributed by atoms with Gasteiger partial charge in [0.25, 0.3) is 0 Å². The van der Waals surface area contributed by atoms with E-state index < -0.39 is 28.5 Å². The number of hydrogen-bond acceptors (Lipinski definition) is 4. The molecule has 0 spiro atoms. The lowest BCUT2D eigenvalue weighted by atomic mass is 10.1. The third-order valence-electron chi connectivity index (χ3n) is 5.44. The molecule has 0 fully saturated rings. The van der Waals surface area contributed by atoms with Crippen LogP contribution >= 0.6 is 34.8 Å². The van der Waals surface area contributed by atoms with Gasteiger partial charge in [-0.25, -0.2) is 8.42 Å². The molecule has 192 valence electrons. The second-order valence-electron chi connectivity index (χ2n) is 8.14. The van der Waals surface area contributed by atoms with Gasteiger partial charge >= 0.3 is 0 Å². The van der Waals surface area contributed by atoms with Gasteiger partial charge in [0.05, 0.1) is 11.9 Å². The van der Waals surface area contributed by atoms with E-state index in [4.69, 9.17) is 34.8 Å². The Labute approximate surface area is 222 Å². The molecule has 0 bridgehead atoms. The molecule has 0 aromatic heterocycles. The third kappa shape index (κ3) is 7.74. The fourth-order valence-corrected chi connectivity index (χ4v) is 5.17. The number of rotatable bonds is 11. The van der Waals surface area contributed by atoms with E-state index in [1.165, 1.54) is 11.0 Å². The smallest absolute Gasteiger partial charge is 0.244 e. The second kappa shape index (κ2) is 12.8. The lowest BCUT2D eigenvalue weighted by Crippen LogP contribution is -2.52. The van der Waals surface area contributed by atoms with E-state index in [0.29, 0.717) is 39.2 Å². The maximum atomic E-state index is 13.7. The van der Waals surface area contributed by atoms with E-state index in [-0.39, 0.29) is 18.1 Å². The number of nitrogens with one attached hydrogen (secondary N) is 1. The van der Waals surface area contributed by atoms with Crippen LogP contribution in [0.1, 0.15) is 37.8 Å². The Morgan fingerprint density at radius 2 is 1.69 bits per heavy atom. The van der Waals surface area contributed by atoms with Crippen LogP contribution in [0.25, 0.3) is 0 Å². The minimum absolute atomic E-state index is 0.0679. The summed E-state index contributed by atoms with van der Waals surface area (Å²) in [4.78, 5) is 28.0. The van der Waals surface area contributed by atoms with Crippen LogP contribution in [0.5, 0.6) is 0 Å². The first-order chi connectivity index (χ1) is 16.4. The molecular formula is C24H30Cl3N3O4S. The third-order valence-corrected chi connectivity index (χ3v) is 7.51. The number of amides is 2. The van der Waals surface area contributed by atoms with E-state index >= 15 is 0 Å². The number of anilines is 1. The molecule has 0 heterocycles. The molecule has 1 atom stereocenters. The summed E-state index contributed by atoms with van der Waals surface area (Å²) in [6, 6.07) is 8.91. The quantitative estimate of drug-likeness (QED) is 0.415. The molecule has 0 radical (unpaired) electrons. The molecule has 7 nitrogen and oxygen atoms in total. The average molecular weight is 563 g/mol. The van der Waals surface area contributed by atoms with Crippen molar-refractivity contribution in [1.82, 2.24) is 10.2 Å². The van der Waals surface area contributed by atoms with Crippen molar-refractivity contribution >= 4 is 62.3 Å². The first-order valence-electron chi connectivity index (χ1n) is 11.1. The van der Waals surface area contributed by atoms with Gasteiger partial charge in [0.2, 0.25) is 21.8 Å². The molecule has 1 N–H and O–H groups in total. The first-order valence-corrected chi connectivity index (χ1v) is 14.1. The predicted octanol–water partition coefficient (Wildman–Crippen LogP) is 5.05. The summed E-state index contributed by atoms with van der Waals surface area (Å²) in [6.07, 6.45) is 2.04. The zero-order chi connectivity index (χ0) is 26.3. The van der Waals surface area contributed by atoms with Gasteiger partial charge in [-0.1, -0.05) is 60.8 Å². The van der Waals surface area contributed by atoms with Gasteiger partial charge in [0, 0.05) is 33.7 Å². The van der Waals surface area contributed by atoms with Gasteiger partial charge in [0.1, 0.15) is 12.6 Å². The van der Waals surface area contributed by atoms with Crippen LogP contribution in [-0.4, -0.2) is 50.5 Å². The molecule has 11 heteroatoms. The Hall–Kier alpha value is -2.00. The molecule has 0 unspecified atom stereocenters. The van der Waals surface area contributed by atoms with Crippen LogP contribution in [0.2, 0.25) is 15.1 Å². The van der Waals surface area contributed by atoms with Gasteiger partial charge in [-0.2, -0.15) is 0 Å². The summed E-state index contributed by atoms with van der Waals surface area (Å²) in [7, 11) is -3.87. The van der Waals surface area contributed by atoms with Crippen molar-refractivity contribution in [3.05, 3.63) is 62.6 Å². The van der Waals surface area contributed by atoms with Crippen molar-refractivity contribution < 1.29 is 18.0 Å². The van der Waals surface area contributed by atoms with Crippen molar-refractivity contribution in [1.29, 1.82) is 0 Å². The molecule has 2 amide bonds. The molecule has 0 aliphatic rings. The fraction of sp³-hybridized carbons (Fsp3) is 0.417. The number of carbonyl (C=O) groups excluding carboxylic acids is 2. The van der Waals surface area contributed by atoms with Crippen molar-refractivity contribution in [2.75, 3.05) is 23.7 Å². The number of nitrogens with zero attached hydrogens (tertiary/aromatic N) is 2. The largest absolute Gasteiger partial charge is 0.354 e. The van der Waals surface area contributed by atoms with Crippen molar-refractivity contribution in [2.45, 2.75) is 46.2 Å². The van der Waals surface area contributed by atoms with Crippen LogP contribution in [0, 0.1) is 6.92 Å². The average Bonchev–Trinajstić information content (AvgIpc) is 2.78. The Bertz CT molecular complexity index is 1150. The zero-order valence-electron chi connectivity index (χ0n) is 20.1. The second-order valence-corrected chi connectivity index (χ2v) is 11.3. The van der Waals surface area contributed by atoms with E-state index in [9.17, 15) is 18.0 Å². The van der Waals surface area contributed by atoms with Crippen molar-refractivity contribution in [2.24, 2.45) is 0 Å². The molecule has 2 rings (SSSR count). The highest BCUT2D eigenvalue weighted by atomic mass is 35.5. The number of halogens is 3. The summed E-state index contributed by atoms with van der Waals surface area (Å²) in [6.45, 7) is 5.27. The van der Waals surface area contributed by atoms with Crippen LogP contribution in [-0.2, 0) is 26.2 Å². The lowest BCUT2D eigenvalue weighted by Gasteiger charge is -2.33. The molecule has 0 aliphatic heterocycles. The molecule has 2 aromatic rings. The molecule has 2 aromatic carbocycles. The summed E-state index contributed by atoms with van der Waals surface area (Å²) < 4.78 is 26.4. The van der Waals surface area contributed by atoms with Crippen LogP contribution in [0.15, 0.2) is 36.4 Å². The Kier molecular flexibility index (Phi) is 10.7. The van der Waals surface area contributed by atoms with E-state index in [0.717, 1.165) is 17.0 Å². The van der Waals surface area contributed by atoms with E-state index in [2.05, 4.69) is 5.32 Å². The maximum Gasteiger partial charge on any atom is 0.244 e. The summed E-state index contributed by atoms with van der Waals surface area (Å²) >= 11 is 18.8. The highest BCUT2D eigenvalue weighted by molar-refractivity contribution is 7.92. The normalized spacial score (nSPS) is 12.2. The number of aryl methyl sites for hydroxylation is 1. The number of benzene rings is 2. The standard InChI is InChI=1S/C24H30Cl3N3O4S/c1-5-12-28-24(32)21(6-2)29(14-18-19(26)8-7-9-20(18)27)23(31)15-30(35(4,33)34)22-13-17(25)11-10-16(22)3/h7-11,13,21H,5-6,12,14-15H2,1-4H3,(H,28,32)/t21-/m1/s1. The van der Waals surface area contributed by atoms with Gasteiger partial charge in [-0.05, 0) is 49.6 Å². The Balaban J connectivity index is 2.53. The minimum atomic E-state index is -3.87. The highest BCUT2D eigenvalue weighted by Crippen LogP contribution is 2.29. The molecular weight excluding hydrogens is 533 g/mol. The van der Waals surface area contributed by atoms with Crippen LogP contribution in [0.4, 0.5) is 5.69 Å². The Morgan fingerprint density at radius 3 is 2.23 bits per heavy atom. The number of sulfonamides is 1. The van der Waals surface area contributed by atoms with Gasteiger partial charge in [-0.3, -0.25) is 13.9 Å². The summed E-state index contributed by atoms with van der Waals surface area (Å²) in [5.41, 5.74) is 1.38. The molecule has 35 heavy (non-hydrogen) atoms. The SMILES string of the molecule is CCCNC(=O)[C@@H](CC)N(Cc1c(Cl)cccc1Cl)C(=O)CN(c1cc(Cl)ccc1C)S(C)(=O)=O. The van der Waals surface area contributed by atoms with Crippen molar-refractivity contribution in [3.63, 3.8) is 0 Å². The van der Waals surface area contributed by atoms with Crippen molar-refractivity contribution in [3.8, 4) is 0 Å². The Morgan fingerprint density at radius 1 is 1.06 bits per heavy atom. The minimum Gasteiger partial charge on any atom is -0.354 e. The molecule has 0 saturated carbocycles. The highest BCUT2D eigenvalue weighted by Gasteiger charge is 2.32. The van der Waals surface area contributed by atoms with Gasteiger partial charge < -0.3 is 10.2 Å². The number of carbonyl (C=O) groups is 2. The van der Waals surface area contributed by atoms with E-state index in [1.54, 1.807) is 44.2 Å². The van der Waals surface area contributed by atoms with Crippen LogP contribution in [0.3, 0.4) is 0 Å². The van der Waals surface area contributed by atoms with E-state index in [1.807, 2.05) is 6.92 Å². The topological polar surface area (TPSA) is 86.8 Å². The zero-order valence-corrected chi connectivity index (χ0v) is 23.2. The lowest BCUT2D eigenvalue weighted by molar-refractivity contribution is -0.140. The fourth-order valence-electron chi connectivity index (χ4n) is 3.59. The van der Waals surface area contributed by atoms with Crippen LogP contribution < -0.4 is 9.62 Å². The predicted molar refractivity (Wildman–Crippen MR) is 143 cm³/mol. The maximum absolute atomic E-state index is 13.7.